The first-order valence-corrected chi connectivity index (χ1v) is 14.5. The summed E-state index contributed by atoms with van der Waals surface area (Å²) < 4.78 is 12.7. The lowest BCUT2D eigenvalue weighted by Crippen LogP contribution is -2.25. The number of nitrogens with one attached hydrogen (secondary N) is 1. The van der Waals surface area contributed by atoms with Crippen molar-refractivity contribution in [1.29, 1.82) is 0 Å². The molecule has 3 heterocycles. The Morgan fingerprint density at radius 2 is 1.57 bits per heavy atom. The molecule has 0 spiro atoms. The lowest BCUT2D eigenvalue weighted by Gasteiger charge is -2.20. The standard InChI is InChI=1S/C30H32BrN7O2/c1-39-26-18-21(17-25(31)27(26)40-20-23-11-8-10-22-9-2-3-12-24(22)23)19-32-36-28-33-29(37-13-4-5-14-37)35-30(34-28)38-15-6-7-16-38/h2-3,8-12,17-19H,4-7,13-16,20H2,1H3,(H,33,34,35,36)/b32-19+. The Bertz CT molecular complexity index is 1480. The topological polar surface area (TPSA) is 88.0 Å². The first kappa shape index (κ1) is 26.3. The molecular weight excluding hydrogens is 570 g/mol. The van der Waals surface area contributed by atoms with Gasteiger partial charge in [0.25, 0.3) is 0 Å². The molecule has 206 valence electrons. The van der Waals surface area contributed by atoms with Gasteiger partial charge in [0.05, 0.1) is 17.8 Å². The molecule has 0 atom stereocenters. The number of benzene rings is 3. The smallest absolute Gasteiger partial charge is 0.250 e. The molecule has 40 heavy (non-hydrogen) atoms. The maximum absolute atomic E-state index is 6.24. The van der Waals surface area contributed by atoms with E-state index in [0.717, 1.165) is 67.5 Å². The van der Waals surface area contributed by atoms with Crippen LogP contribution in [0.1, 0.15) is 36.8 Å². The molecule has 2 saturated heterocycles. The normalized spacial score (nSPS) is 15.3. The van der Waals surface area contributed by atoms with Crippen molar-refractivity contribution in [1.82, 2.24) is 15.0 Å². The van der Waals surface area contributed by atoms with E-state index < -0.39 is 0 Å². The van der Waals surface area contributed by atoms with Crippen LogP contribution in [0.25, 0.3) is 10.8 Å². The van der Waals surface area contributed by atoms with E-state index >= 15 is 0 Å². The number of ether oxygens (including phenoxy) is 2. The van der Waals surface area contributed by atoms with Crippen LogP contribution < -0.4 is 24.7 Å². The van der Waals surface area contributed by atoms with Gasteiger partial charge in [0.1, 0.15) is 6.61 Å². The van der Waals surface area contributed by atoms with E-state index in [1.54, 1.807) is 13.3 Å². The molecule has 9 nitrogen and oxygen atoms in total. The highest BCUT2D eigenvalue weighted by atomic mass is 79.9. The fraction of sp³-hybridized carbons (Fsp3) is 0.333. The first-order valence-electron chi connectivity index (χ1n) is 13.7. The third-order valence-electron chi connectivity index (χ3n) is 7.27. The van der Waals surface area contributed by atoms with Crippen LogP contribution in [0.4, 0.5) is 17.8 Å². The zero-order chi connectivity index (χ0) is 27.3. The number of hydrogen-bond donors (Lipinski definition) is 1. The largest absolute Gasteiger partial charge is 0.493 e. The van der Waals surface area contributed by atoms with Crippen LogP contribution >= 0.6 is 15.9 Å². The number of hydrazone groups is 1. The second-order valence-corrected chi connectivity index (χ2v) is 10.8. The Morgan fingerprint density at radius 1 is 0.900 bits per heavy atom. The van der Waals surface area contributed by atoms with Crippen LogP contribution in [-0.2, 0) is 6.61 Å². The summed E-state index contributed by atoms with van der Waals surface area (Å²) in [5.41, 5.74) is 4.97. The SMILES string of the molecule is COc1cc(/C=N/Nc2nc(N3CCCC3)nc(N3CCCC3)n2)cc(Br)c1OCc1cccc2ccccc12. The number of hydrogen-bond acceptors (Lipinski definition) is 9. The number of methoxy groups -OCH3 is 1. The molecule has 10 heteroatoms. The van der Waals surface area contributed by atoms with E-state index in [-0.39, 0.29) is 0 Å². The predicted molar refractivity (Wildman–Crippen MR) is 163 cm³/mol. The van der Waals surface area contributed by atoms with Gasteiger partial charge in [-0.1, -0.05) is 42.5 Å². The van der Waals surface area contributed by atoms with Gasteiger partial charge in [-0.25, -0.2) is 5.43 Å². The Hall–Kier alpha value is -3.92. The van der Waals surface area contributed by atoms with Gasteiger partial charge in [0, 0.05) is 26.2 Å². The monoisotopic (exact) mass is 601 g/mol. The average Bonchev–Trinajstić information content (AvgIpc) is 3.72. The maximum Gasteiger partial charge on any atom is 0.250 e. The molecule has 1 N–H and O–H groups in total. The second-order valence-electron chi connectivity index (χ2n) is 9.98. The van der Waals surface area contributed by atoms with Crippen LogP contribution in [0.15, 0.2) is 64.2 Å². The summed E-state index contributed by atoms with van der Waals surface area (Å²) >= 11 is 3.66. The van der Waals surface area contributed by atoms with Gasteiger partial charge in [0.15, 0.2) is 11.5 Å². The van der Waals surface area contributed by atoms with Gasteiger partial charge >= 0.3 is 0 Å². The molecular formula is C30H32BrN7O2. The van der Waals surface area contributed by atoms with Crippen molar-refractivity contribution >= 4 is 50.8 Å². The molecule has 2 aliphatic rings. The molecule has 2 aliphatic heterocycles. The van der Waals surface area contributed by atoms with Crippen molar-refractivity contribution in [3.05, 3.63) is 70.2 Å². The van der Waals surface area contributed by atoms with E-state index in [0.29, 0.717) is 36.0 Å². The van der Waals surface area contributed by atoms with Gasteiger partial charge < -0.3 is 19.3 Å². The minimum atomic E-state index is 0.420. The zero-order valence-electron chi connectivity index (χ0n) is 22.5. The van der Waals surface area contributed by atoms with Crippen molar-refractivity contribution in [2.24, 2.45) is 5.10 Å². The number of aromatic nitrogens is 3. The van der Waals surface area contributed by atoms with Crippen LogP contribution in [0.5, 0.6) is 11.5 Å². The van der Waals surface area contributed by atoms with E-state index in [4.69, 9.17) is 14.5 Å². The van der Waals surface area contributed by atoms with Crippen molar-refractivity contribution in [2.45, 2.75) is 32.3 Å². The van der Waals surface area contributed by atoms with Gasteiger partial charge in [0.2, 0.25) is 17.8 Å². The molecule has 0 aliphatic carbocycles. The highest BCUT2D eigenvalue weighted by Gasteiger charge is 2.21. The molecule has 3 aromatic carbocycles. The molecule has 0 bridgehead atoms. The Kier molecular flexibility index (Phi) is 7.94. The highest BCUT2D eigenvalue weighted by molar-refractivity contribution is 9.10. The maximum atomic E-state index is 6.24. The fourth-order valence-electron chi connectivity index (χ4n) is 5.21. The molecule has 0 amide bonds. The third kappa shape index (κ3) is 5.82. The first-order chi connectivity index (χ1) is 19.7. The lowest BCUT2D eigenvalue weighted by molar-refractivity contribution is 0.283. The van der Waals surface area contributed by atoms with Crippen molar-refractivity contribution in [3.63, 3.8) is 0 Å². The van der Waals surface area contributed by atoms with Crippen molar-refractivity contribution in [2.75, 3.05) is 48.5 Å². The van der Waals surface area contributed by atoms with Crippen molar-refractivity contribution < 1.29 is 9.47 Å². The summed E-state index contributed by atoms with van der Waals surface area (Å²) in [6, 6.07) is 18.4. The minimum Gasteiger partial charge on any atom is -0.493 e. The molecule has 0 radical (unpaired) electrons. The molecule has 4 aromatic rings. The highest BCUT2D eigenvalue weighted by Crippen LogP contribution is 2.37. The molecule has 6 rings (SSSR count). The van der Waals surface area contributed by atoms with Gasteiger partial charge in [-0.2, -0.15) is 20.1 Å². The van der Waals surface area contributed by atoms with E-state index in [9.17, 15) is 0 Å². The summed E-state index contributed by atoms with van der Waals surface area (Å²) in [7, 11) is 1.64. The molecule has 2 fully saturated rings. The lowest BCUT2D eigenvalue weighted by atomic mass is 10.1. The molecule has 0 saturated carbocycles. The van der Waals surface area contributed by atoms with Gasteiger partial charge in [-0.05, 0) is 75.6 Å². The summed E-state index contributed by atoms with van der Waals surface area (Å²) in [4.78, 5) is 18.5. The van der Waals surface area contributed by atoms with Crippen LogP contribution in [-0.4, -0.2) is 54.5 Å². The number of fused-ring (bicyclic) bond motifs is 1. The zero-order valence-corrected chi connectivity index (χ0v) is 24.1. The average molecular weight is 603 g/mol. The van der Waals surface area contributed by atoms with E-state index in [1.807, 2.05) is 24.3 Å². The van der Waals surface area contributed by atoms with Crippen LogP contribution in [0, 0.1) is 0 Å². The predicted octanol–water partition coefficient (Wildman–Crippen LogP) is 6.02. The van der Waals surface area contributed by atoms with Crippen molar-refractivity contribution in [3.8, 4) is 11.5 Å². The fourth-order valence-corrected chi connectivity index (χ4v) is 5.78. The number of halogens is 1. The quantitative estimate of drug-likeness (QED) is 0.184. The molecule has 1 aromatic heterocycles. The summed E-state index contributed by atoms with van der Waals surface area (Å²) in [5.74, 6) is 3.12. The van der Waals surface area contributed by atoms with Gasteiger partial charge in [-0.3, -0.25) is 0 Å². The number of anilines is 3. The van der Waals surface area contributed by atoms with E-state index in [2.05, 4.69) is 76.6 Å². The Balaban J connectivity index is 1.18. The number of nitrogens with zero attached hydrogens (tertiary/aromatic N) is 6. The minimum absolute atomic E-state index is 0.420. The second kappa shape index (κ2) is 12.1. The van der Waals surface area contributed by atoms with E-state index in [1.165, 1.54) is 10.8 Å². The third-order valence-corrected chi connectivity index (χ3v) is 7.86. The van der Waals surface area contributed by atoms with Crippen LogP contribution in [0.2, 0.25) is 0 Å². The summed E-state index contributed by atoms with van der Waals surface area (Å²) in [5, 5.41) is 6.80. The van der Waals surface area contributed by atoms with Gasteiger partial charge in [-0.15, -0.1) is 0 Å². The number of rotatable bonds is 9. The van der Waals surface area contributed by atoms with Crippen LogP contribution in [0.3, 0.4) is 0 Å². The Morgan fingerprint density at radius 3 is 2.27 bits per heavy atom. The molecule has 0 unspecified atom stereocenters. The summed E-state index contributed by atoms with van der Waals surface area (Å²) in [6.07, 6.45) is 6.35. The summed E-state index contributed by atoms with van der Waals surface area (Å²) in [6.45, 7) is 4.29. The Labute approximate surface area is 242 Å².